The van der Waals surface area contributed by atoms with Gasteiger partial charge in [-0.2, -0.15) is 0 Å². The van der Waals surface area contributed by atoms with Crippen molar-refractivity contribution in [2.45, 2.75) is 71.4 Å². The molecule has 1 fully saturated rings. The third-order valence-electron chi connectivity index (χ3n) is 3.77. The van der Waals surface area contributed by atoms with Gasteiger partial charge in [-0.05, 0) is 53.1 Å². The Hall–Kier alpha value is -0.0400. The number of hydrogen-bond donors (Lipinski definition) is 2. The van der Waals surface area contributed by atoms with Gasteiger partial charge in [0.15, 0.2) is 5.96 Å². The molecule has 126 valence electrons. The van der Waals surface area contributed by atoms with Crippen LogP contribution in [-0.2, 0) is 0 Å². The zero-order valence-electron chi connectivity index (χ0n) is 14.5. The molecule has 1 saturated heterocycles. The molecular formula is C16H35IN4. The van der Waals surface area contributed by atoms with E-state index in [0.29, 0.717) is 6.04 Å². The van der Waals surface area contributed by atoms with Crippen LogP contribution in [0.15, 0.2) is 4.99 Å². The molecule has 4 nitrogen and oxygen atoms in total. The summed E-state index contributed by atoms with van der Waals surface area (Å²) in [7, 11) is 1.84. The van der Waals surface area contributed by atoms with Gasteiger partial charge in [0.1, 0.15) is 0 Å². The smallest absolute Gasteiger partial charge is 0.191 e. The van der Waals surface area contributed by atoms with E-state index in [4.69, 9.17) is 0 Å². The maximum atomic E-state index is 4.32. The van der Waals surface area contributed by atoms with Gasteiger partial charge in [-0.3, -0.25) is 9.89 Å². The molecule has 1 aliphatic heterocycles. The van der Waals surface area contributed by atoms with Crippen LogP contribution < -0.4 is 10.6 Å². The Morgan fingerprint density at radius 1 is 1.29 bits per heavy atom. The molecule has 0 aromatic heterocycles. The average Bonchev–Trinajstić information content (AvgIpc) is 2.40. The van der Waals surface area contributed by atoms with Crippen molar-refractivity contribution in [2.24, 2.45) is 4.99 Å². The van der Waals surface area contributed by atoms with Crippen LogP contribution in [0, 0.1) is 0 Å². The molecule has 0 saturated carbocycles. The number of piperidine rings is 1. The summed E-state index contributed by atoms with van der Waals surface area (Å²) in [6.07, 6.45) is 6.62. The fourth-order valence-electron chi connectivity index (χ4n) is 2.70. The van der Waals surface area contributed by atoms with Gasteiger partial charge in [0, 0.05) is 25.2 Å². The SMILES string of the molecule is CCCCN1CCCCC1CNC(=NC)NC(C)(C)C.I. The molecule has 21 heavy (non-hydrogen) atoms. The number of aliphatic imine (C=N–C) groups is 1. The highest BCUT2D eigenvalue weighted by atomic mass is 127. The molecule has 0 radical (unpaired) electrons. The maximum Gasteiger partial charge on any atom is 0.191 e. The molecule has 0 aliphatic carbocycles. The zero-order chi connectivity index (χ0) is 15.0. The van der Waals surface area contributed by atoms with E-state index in [1.54, 1.807) is 0 Å². The minimum absolute atomic E-state index is 0. The van der Waals surface area contributed by atoms with Crippen molar-refractivity contribution >= 4 is 29.9 Å². The summed E-state index contributed by atoms with van der Waals surface area (Å²) >= 11 is 0. The van der Waals surface area contributed by atoms with Crippen molar-refractivity contribution in [3.63, 3.8) is 0 Å². The van der Waals surface area contributed by atoms with Gasteiger partial charge >= 0.3 is 0 Å². The second-order valence-corrected chi connectivity index (χ2v) is 6.87. The Morgan fingerprint density at radius 3 is 2.57 bits per heavy atom. The molecule has 1 aliphatic rings. The van der Waals surface area contributed by atoms with E-state index >= 15 is 0 Å². The second-order valence-electron chi connectivity index (χ2n) is 6.87. The Labute approximate surface area is 148 Å². The van der Waals surface area contributed by atoms with Crippen LogP contribution in [0.3, 0.4) is 0 Å². The first-order valence-electron chi connectivity index (χ1n) is 8.19. The fraction of sp³-hybridized carbons (Fsp3) is 0.938. The van der Waals surface area contributed by atoms with Crippen molar-refractivity contribution in [3.8, 4) is 0 Å². The van der Waals surface area contributed by atoms with Crippen LogP contribution in [0.1, 0.15) is 59.8 Å². The molecule has 1 heterocycles. The van der Waals surface area contributed by atoms with Crippen LogP contribution >= 0.6 is 24.0 Å². The first-order chi connectivity index (χ1) is 9.46. The largest absolute Gasteiger partial charge is 0.355 e. The van der Waals surface area contributed by atoms with Gasteiger partial charge in [0.05, 0.1) is 0 Å². The normalized spacial score (nSPS) is 20.8. The molecule has 0 aromatic rings. The first-order valence-corrected chi connectivity index (χ1v) is 8.19. The maximum absolute atomic E-state index is 4.32. The van der Waals surface area contributed by atoms with Gasteiger partial charge in [-0.1, -0.05) is 19.8 Å². The lowest BCUT2D eigenvalue weighted by molar-refractivity contribution is 0.147. The van der Waals surface area contributed by atoms with E-state index in [-0.39, 0.29) is 29.5 Å². The Balaban J connectivity index is 0.00000400. The summed E-state index contributed by atoms with van der Waals surface area (Å²) in [5, 5.41) is 6.92. The van der Waals surface area contributed by atoms with Gasteiger partial charge in [-0.25, -0.2) is 0 Å². The van der Waals surface area contributed by atoms with Crippen LogP contribution in [0.4, 0.5) is 0 Å². The van der Waals surface area contributed by atoms with Gasteiger partial charge in [0.25, 0.3) is 0 Å². The minimum Gasteiger partial charge on any atom is -0.355 e. The summed E-state index contributed by atoms with van der Waals surface area (Å²) in [5.41, 5.74) is 0.0519. The van der Waals surface area contributed by atoms with Crippen molar-refractivity contribution in [2.75, 3.05) is 26.7 Å². The molecule has 1 atom stereocenters. The molecule has 1 rings (SSSR count). The highest BCUT2D eigenvalue weighted by Gasteiger charge is 2.22. The van der Waals surface area contributed by atoms with Gasteiger partial charge in [0.2, 0.25) is 0 Å². The summed E-state index contributed by atoms with van der Waals surface area (Å²) < 4.78 is 0. The van der Waals surface area contributed by atoms with Crippen LogP contribution in [0.5, 0.6) is 0 Å². The lowest BCUT2D eigenvalue weighted by Gasteiger charge is -2.36. The number of rotatable bonds is 5. The fourth-order valence-corrected chi connectivity index (χ4v) is 2.70. The van der Waals surface area contributed by atoms with Crippen molar-refractivity contribution in [1.82, 2.24) is 15.5 Å². The molecular weight excluding hydrogens is 375 g/mol. The van der Waals surface area contributed by atoms with E-state index in [2.05, 4.69) is 48.2 Å². The second kappa shape index (κ2) is 10.6. The number of nitrogens with zero attached hydrogens (tertiary/aromatic N) is 2. The number of halogens is 1. The van der Waals surface area contributed by atoms with Crippen LogP contribution in [0.25, 0.3) is 0 Å². The van der Waals surface area contributed by atoms with Crippen LogP contribution in [-0.4, -0.2) is 49.1 Å². The quantitative estimate of drug-likeness (QED) is 0.415. The standard InChI is InChI=1S/C16H34N4.HI/c1-6-7-11-20-12-9-8-10-14(20)13-18-15(17-5)19-16(2,3)4;/h14H,6-13H2,1-5H3,(H2,17,18,19);1H. The monoisotopic (exact) mass is 410 g/mol. The Kier molecular flexibility index (Phi) is 10.6. The Bertz CT molecular complexity index is 299. The molecule has 0 spiro atoms. The predicted octanol–water partition coefficient (Wildman–Crippen LogP) is 3.22. The summed E-state index contributed by atoms with van der Waals surface area (Å²) in [6.45, 7) is 12.3. The topological polar surface area (TPSA) is 39.7 Å². The molecule has 5 heteroatoms. The average molecular weight is 410 g/mol. The summed E-state index contributed by atoms with van der Waals surface area (Å²) in [4.78, 5) is 6.98. The van der Waals surface area contributed by atoms with Crippen molar-refractivity contribution < 1.29 is 0 Å². The Morgan fingerprint density at radius 2 is 2.00 bits per heavy atom. The van der Waals surface area contributed by atoms with E-state index in [1.807, 2.05) is 7.05 Å². The third kappa shape index (κ3) is 8.86. The van der Waals surface area contributed by atoms with E-state index in [9.17, 15) is 0 Å². The zero-order valence-corrected chi connectivity index (χ0v) is 16.9. The number of nitrogens with one attached hydrogen (secondary N) is 2. The summed E-state index contributed by atoms with van der Waals surface area (Å²) in [6, 6.07) is 0.661. The highest BCUT2D eigenvalue weighted by molar-refractivity contribution is 14.0. The first kappa shape index (κ1) is 21.0. The molecule has 0 amide bonds. The molecule has 2 N–H and O–H groups in total. The van der Waals surface area contributed by atoms with Crippen LogP contribution in [0.2, 0.25) is 0 Å². The molecule has 0 aromatic carbocycles. The number of unbranched alkanes of at least 4 members (excludes halogenated alkanes) is 1. The highest BCUT2D eigenvalue weighted by Crippen LogP contribution is 2.17. The lowest BCUT2D eigenvalue weighted by atomic mass is 10.0. The molecule has 0 bridgehead atoms. The van der Waals surface area contributed by atoms with E-state index in [1.165, 1.54) is 45.2 Å². The third-order valence-corrected chi connectivity index (χ3v) is 3.77. The number of hydrogen-bond acceptors (Lipinski definition) is 2. The van der Waals surface area contributed by atoms with Gasteiger partial charge < -0.3 is 10.6 Å². The van der Waals surface area contributed by atoms with E-state index in [0.717, 1.165) is 12.5 Å². The van der Waals surface area contributed by atoms with Crippen molar-refractivity contribution in [3.05, 3.63) is 0 Å². The minimum atomic E-state index is 0. The van der Waals surface area contributed by atoms with Gasteiger partial charge in [-0.15, -0.1) is 24.0 Å². The lowest BCUT2D eigenvalue weighted by Crippen LogP contribution is -2.52. The predicted molar refractivity (Wildman–Crippen MR) is 104 cm³/mol. The number of guanidine groups is 1. The van der Waals surface area contributed by atoms with E-state index < -0.39 is 0 Å². The summed E-state index contributed by atoms with van der Waals surface area (Å²) in [5.74, 6) is 0.915. The van der Waals surface area contributed by atoms with Crippen molar-refractivity contribution in [1.29, 1.82) is 0 Å². The molecule has 1 unspecified atom stereocenters. The number of likely N-dealkylation sites (tertiary alicyclic amines) is 1.